The summed E-state index contributed by atoms with van der Waals surface area (Å²) in [5, 5.41) is 41.1. The molecule has 0 heterocycles. The Hall–Kier alpha value is -5.45. The molecule has 1 fully saturated rings. The van der Waals surface area contributed by atoms with Crippen LogP contribution in [0.2, 0.25) is 0 Å². The summed E-state index contributed by atoms with van der Waals surface area (Å²) in [6, 6.07) is 10.3. The molecule has 1 saturated carbocycles. The lowest BCUT2D eigenvalue weighted by Gasteiger charge is -2.32. The number of aliphatic carboxylic acids is 3. The number of nitrogens with one attached hydrogen (secondary N) is 5. The van der Waals surface area contributed by atoms with E-state index < -0.39 is 103 Å². The molecular formula is C39H51N5O11S. The van der Waals surface area contributed by atoms with E-state index in [0.717, 1.165) is 39.0 Å². The standard InChI is InChI=1S/C39H51N5O11S/c1-23(45)40-27(17-19-31(46)47)36(51)44-34(33(25-13-7-3-8-14-25)26-15-9-4-10-16-26)38(53)41-28(18-20-32(48)49)35(50)42-29(21-24-11-5-2-6-12-24)37(52)43-30(22-56)39(54)55/h3-4,7-10,13-16,24,27-30,33-34,56H,2,5-6,11-12,17-22H2,1H3,(H,40,45)(H,41,53)(H,42,50)(H,43,52)(H,44,51)(H,46,47)(H,48,49)(H,54,55)/t27-,28-,29-,30-,34-/m0/s1. The maximum absolute atomic E-state index is 14.5. The first-order valence-electron chi connectivity index (χ1n) is 18.6. The van der Waals surface area contributed by atoms with Crippen LogP contribution >= 0.6 is 12.6 Å². The second kappa shape index (κ2) is 22.8. The van der Waals surface area contributed by atoms with Crippen molar-refractivity contribution in [2.45, 2.75) is 107 Å². The third kappa shape index (κ3) is 14.7. The van der Waals surface area contributed by atoms with Crippen molar-refractivity contribution in [3.05, 3.63) is 71.8 Å². The third-order valence-electron chi connectivity index (χ3n) is 9.58. The van der Waals surface area contributed by atoms with E-state index in [1.54, 1.807) is 60.7 Å². The van der Waals surface area contributed by atoms with E-state index in [2.05, 4.69) is 39.2 Å². The minimum absolute atomic E-state index is 0.0286. The molecule has 56 heavy (non-hydrogen) atoms. The van der Waals surface area contributed by atoms with Gasteiger partial charge in [-0.3, -0.25) is 33.6 Å². The van der Waals surface area contributed by atoms with Crippen molar-refractivity contribution in [2.75, 3.05) is 5.75 Å². The van der Waals surface area contributed by atoms with Crippen molar-refractivity contribution >= 4 is 60.1 Å². The Kier molecular flexibility index (Phi) is 18.3. The zero-order chi connectivity index (χ0) is 41.2. The molecule has 17 heteroatoms. The number of hydrogen-bond donors (Lipinski definition) is 9. The highest BCUT2D eigenvalue weighted by Gasteiger charge is 2.38. The Morgan fingerprint density at radius 1 is 0.607 bits per heavy atom. The molecule has 0 aliphatic heterocycles. The molecule has 5 atom stereocenters. The number of benzene rings is 2. The van der Waals surface area contributed by atoms with Gasteiger partial charge >= 0.3 is 17.9 Å². The van der Waals surface area contributed by atoms with E-state index in [-0.39, 0.29) is 24.5 Å². The van der Waals surface area contributed by atoms with Gasteiger partial charge in [-0.15, -0.1) is 0 Å². The van der Waals surface area contributed by atoms with Gasteiger partial charge in [-0.1, -0.05) is 92.8 Å². The summed E-state index contributed by atoms with van der Waals surface area (Å²) in [7, 11) is 0. The minimum Gasteiger partial charge on any atom is -0.481 e. The molecule has 0 bridgehead atoms. The average molecular weight is 798 g/mol. The maximum Gasteiger partial charge on any atom is 0.327 e. The zero-order valence-corrected chi connectivity index (χ0v) is 32.0. The van der Waals surface area contributed by atoms with Crippen molar-refractivity contribution in [1.29, 1.82) is 0 Å². The van der Waals surface area contributed by atoms with Crippen molar-refractivity contribution in [1.82, 2.24) is 26.6 Å². The summed E-state index contributed by atoms with van der Waals surface area (Å²) < 4.78 is 0. The van der Waals surface area contributed by atoms with Gasteiger partial charge in [0.05, 0.1) is 0 Å². The van der Waals surface area contributed by atoms with Gasteiger partial charge in [0.2, 0.25) is 29.5 Å². The smallest absolute Gasteiger partial charge is 0.327 e. The van der Waals surface area contributed by atoms with Gasteiger partial charge in [0.25, 0.3) is 0 Å². The van der Waals surface area contributed by atoms with Gasteiger partial charge in [0.15, 0.2) is 0 Å². The summed E-state index contributed by atoms with van der Waals surface area (Å²) in [5.74, 6) is -9.06. The molecule has 3 rings (SSSR count). The number of hydrogen-bond acceptors (Lipinski definition) is 9. The second-order valence-electron chi connectivity index (χ2n) is 13.8. The number of rotatable bonds is 22. The van der Waals surface area contributed by atoms with Crippen LogP contribution < -0.4 is 26.6 Å². The number of carboxylic acids is 3. The van der Waals surface area contributed by atoms with Gasteiger partial charge in [-0.2, -0.15) is 12.6 Å². The zero-order valence-electron chi connectivity index (χ0n) is 31.1. The Bertz CT molecular complexity index is 1630. The first-order valence-corrected chi connectivity index (χ1v) is 19.2. The van der Waals surface area contributed by atoms with E-state index in [9.17, 15) is 53.7 Å². The van der Waals surface area contributed by atoms with Crippen LogP contribution in [0.3, 0.4) is 0 Å². The van der Waals surface area contributed by atoms with Crippen LogP contribution in [0.25, 0.3) is 0 Å². The van der Waals surface area contributed by atoms with Gasteiger partial charge in [0.1, 0.15) is 30.2 Å². The van der Waals surface area contributed by atoms with Crippen molar-refractivity contribution in [3.63, 3.8) is 0 Å². The Labute approximate surface area is 330 Å². The summed E-state index contributed by atoms with van der Waals surface area (Å²) in [6.07, 6.45) is 2.78. The van der Waals surface area contributed by atoms with Crippen LogP contribution in [0.5, 0.6) is 0 Å². The molecule has 304 valence electrons. The van der Waals surface area contributed by atoms with E-state index in [1.807, 2.05) is 0 Å². The molecule has 2 aromatic rings. The van der Waals surface area contributed by atoms with Gasteiger partial charge in [-0.05, 0) is 36.3 Å². The lowest BCUT2D eigenvalue weighted by atomic mass is 9.84. The molecule has 0 unspecified atom stereocenters. The fourth-order valence-electron chi connectivity index (χ4n) is 6.75. The average Bonchev–Trinajstić information content (AvgIpc) is 3.17. The second-order valence-corrected chi connectivity index (χ2v) is 14.2. The fraction of sp³-hybridized carbons (Fsp3) is 0.487. The molecule has 1 aliphatic carbocycles. The Morgan fingerprint density at radius 3 is 1.52 bits per heavy atom. The van der Waals surface area contributed by atoms with E-state index in [4.69, 9.17) is 0 Å². The highest BCUT2D eigenvalue weighted by molar-refractivity contribution is 7.80. The third-order valence-corrected chi connectivity index (χ3v) is 9.94. The Morgan fingerprint density at radius 2 is 1.05 bits per heavy atom. The van der Waals surface area contributed by atoms with Gasteiger partial charge in [-0.25, -0.2) is 4.79 Å². The highest BCUT2D eigenvalue weighted by Crippen LogP contribution is 2.30. The van der Waals surface area contributed by atoms with Crippen LogP contribution in [0.1, 0.15) is 88.2 Å². The van der Waals surface area contributed by atoms with E-state index >= 15 is 0 Å². The van der Waals surface area contributed by atoms with Gasteiger partial charge in [0, 0.05) is 31.4 Å². The molecular weight excluding hydrogens is 747 g/mol. The summed E-state index contributed by atoms with van der Waals surface area (Å²) in [4.78, 5) is 103. The highest BCUT2D eigenvalue weighted by atomic mass is 32.1. The first kappa shape index (κ1) is 44.9. The summed E-state index contributed by atoms with van der Waals surface area (Å²) in [5.41, 5.74) is 1.13. The number of amides is 5. The van der Waals surface area contributed by atoms with Crippen LogP contribution in [0.15, 0.2) is 60.7 Å². The molecule has 0 radical (unpaired) electrons. The molecule has 2 aromatic carbocycles. The SMILES string of the molecule is CC(=O)N[C@@H](CCC(=O)O)C(=O)N[C@H](C(=O)N[C@@H](CCC(=O)O)C(=O)N[C@@H](CC1CCCCC1)C(=O)N[C@@H](CS)C(=O)O)C(c1ccccc1)c1ccccc1. The molecule has 0 saturated heterocycles. The minimum atomic E-state index is -1.55. The number of carbonyl (C=O) groups is 8. The van der Waals surface area contributed by atoms with E-state index in [1.165, 1.54) is 0 Å². The molecule has 16 nitrogen and oxygen atoms in total. The quantitative estimate of drug-likeness (QED) is 0.0779. The number of carbonyl (C=O) groups excluding carboxylic acids is 5. The molecule has 0 spiro atoms. The summed E-state index contributed by atoms with van der Waals surface area (Å²) in [6.45, 7) is 1.15. The van der Waals surface area contributed by atoms with Crippen LogP contribution in [0.4, 0.5) is 0 Å². The summed E-state index contributed by atoms with van der Waals surface area (Å²) >= 11 is 4.01. The number of carboxylic acid groups (broad SMARTS) is 3. The van der Waals surface area contributed by atoms with Crippen LogP contribution in [-0.4, -0.2) is 98.7 Å². The van der Waals surface area contributed by atoms with Gasteiger partial charge < -0.3 is 41.9 Å². The number of thiol groups is 1. The largest absolute Gasteiger partial charge is 0.481 e. The van der Waals surface area contributed by atoms with Crippen molar-refractivity contribution < 1.29 is 53.7 Å². The molecule has 8 N–H and O–H groups in total. The maximum atomic E-state index is 14.5. The first-order chi connectivity index (χ1) is 26.7. The molecule has 0 aromatic heterocycles. The fourth-order valence-corrected chi connectivity index (χ4v) is 7.00. The predicted molar refractivity (Wildman–Crippen MR) is 206 cm³/mol. The normalized spacial score (nSPS) is 15.6. The monoisotopic (exact) mass is 797 g/mol. The van der Waals surface area contributed by atoms with Crippen molar-refractivity contribution in [3.8, 4) is 0 Å². The predicted octanol–water partition coefficient (Wildman–Crippen LogP) is 1.98. The lowest BCUT2D eigenvalue weighted by molar-refractivity contribution is -0.141. The molecule has 1 aliphatic rings. The van der Waals surface area contributed by atoms with Crippen molar-refractivity contribution in [2.24, 2.45) is 5.92 Å². The molecule has 5 amide bonds. The van der Waals surface area contributed by atoms with E-state index in [0.29, 0.717) is 11.1 Å². The Balaban J connectivity index is 2.04. The van der Waals surface area contributed by atoms with Crippen LogP contribution in [0, 0.1) is 5.92 Å². The lowest BCUT2D eigenvalue weighted by Crippen LogP contribution is -2.60. The topological polar surface area (TPSA) is 257 Å². The van der Waals surface area contributed by atoms with Crippen LogP contribution in [-0.2, 0) is 38.4 Å².